The molecule has 0 spiro atoms. The van der Waals surface area contributed by atoms with Crippen molar-refractivity contribution in [1.29, 1.82) is 0 Å². The van der Waals surface area contributed by atoms with Crippen LogP contribution in [0.15, 0.2) is 28.8 Å². The molecule has 1 aliphatic rings. The second-order valence-electron chi connectivity index (χ2n) is 7.80. The van der Waals surface area contributed by atoms with Crippen LogP contribution in [-0.2, 0) is 4.79 Å². The summed E-state index contributed by atoms with van der Waals surface area (Å²) in [7, 11) is 0. The van der Waals surface area contributed by atoms with Crippen LogP contribution in [0.3, 0.4) is 0 Å². The van der Waals surface area contributed by atoms with E-state index in [-0.39, 0.29) is 17.4 Å². The van der Waals surface area contributed by atoms with E-state index in [1.165, 1.54) is 50.7 Å². The van der Waals surface area contributed by atoms with Gasteiger partial charge in [-0.2, -0.15) is 4.98 Å². The van der Waals surface area contributed by atoms with Gasteiger partial charge < -0.3 is 9.32 Å². The summed E-state index contributed by atoms with van der Waals surface area (Å²) in [5.41, 5.74) is 0.675. The van der Waals surface area contributed by atoms with Crippen LogP contribution in [0.5, 0.6) is 0 Å². The summed E-state index contributed by atoms with van der Waals surface area (Å²) < 4.78 is 5.46. The smallest absolute Gasteiger partial charge is 0.269 e. The first-order valence-corrected chi connectivity index (χ1v) is 10.1. The molecule has 150 valence electrons. The Hall–Kier alpha value is -2.57. The molecule has 7 heteroatoms. The average molecular weight is 385 g/mol. The lowest BCUT2D eigenvalue weighted by molar-refractivity contribution is -0.384. The maximum Gasteiger partial charge on any atom is 0.269 e. The number of benzene rings is 1. The van der Waals surface area contributed by atoms with Crippen LogP contribution in [0.1, 0.15) is 76.5 Å². The number of hydrogen-bond acceptors (Lipinski definition) is 6. The van der Waals surface area contributed by atoms with Crippen LogP contribution < -0.4 is 0 Å². The summed E-state index contributed by atoms with van der Waals surface area (Å²) in [6.07, 6.45) is 10.2. The molecule has 28 heavy (non-hydrogen) atoms. The van der Waals surface area contributed by atoms with Crippen molar-refractivity contribution >= 4 is 11.5 Å². The minimum Gasteiger partial charge on any atom is -0.339 e. The van der Waals surface area contributed by atoms with Gasteiger partial charge in [-0.1, -0.05) is 50.1 Å². The highest BCUT2D eigenvalue weighted by atomic mass is 16.6. The van der Waals surface area contributed by atoms with Gasteiger partial charge in [0.1, 0.15) is 5.78 Å². The van der Waals surface area contributed by atoms with Gasteiger partial charge in [0.25, 0.3) is 5.69 Å². The zero-order valence-corrected chi connectivity index (χ0v) is 16.3. The minimum atomic E-state index is -0.444. The molecule has 1 fully saturated rings. The lowest BCUT2D eigenvalue weighted by Crippen LogP contribution is -2.09. The van der Waals surface area contributed by atoms with Crippen molar-refractivity contribution in [3.8, 4) is 11.4 Å². The van der Waals surface area contributed by atoms with Crippen molar-refractivity contribution in [3.63, 3.8) is 0 Å². The molecule has 0 radical (unpaired) electrons. The van der Waals surface area contributed by atoms with Gasteiger partial charge >= 0.3 is 0 Å². The third-order valence-corrected chi connectivity index (χ3v) is 5.55. The molecule has 0 aliphatic heterocycles. The molecule has 7 nitrogen and oxygen atoms in total. The Bertz CT molecular complexity index is 794. The molecule has 1 aromatic carbocycles. The Morgan fingerprint density at radius 1 is 1.25 bits per heavy atom. The standard InChI is InChI=1S/C21H27N3O4/c1-15(25)14-18(9-5-8-16-6-3-2-4-7-16)21-22-20(23-28-21)17-10-12-19(13-11-17)24(26)27/h10-13,16,18H,2-9,14H2,1H3/t18-/m1/s1. The molecule has 1 aromatic heterocycles. The highest BCUT2D eigenvalue weighted by Gasteiger charge is 2.22. The maximum absolute atomic E-state index is 11.7. The lowest BCUT2D eigenvalue weighted by atomic mass is 9.84. The molecular formula is C21H27N3O4. The summed E-state index contributed by atoms with van der Waals surface area (Å²) in [5.74, 6) is 1.72. The maximum atomic E-state index is 11.7. The van der Waals surface area contributed by atoms with E-state index in [9.17, 15) is 14.9 Å². The molecule has 2 aromatic rings. The van der Waals surface area contributed by atoms with Crippen LogP contribution in [0, 0.1) is 16.0 Å². The molecule has 1 heterocycles. The fourth-order valence-corrected chi connectivity index (χ4v) is 4.04. The number of hydrogen-bond donors (Lipinski definition) is 0. The predicted molar refractivity (Wildman–Crippen MR) is 105 cm³/mol. The van der Waals surface area contributed by atoms with E-state index in [0.717, 1.165) is 18.8 Å². The fraction of sp³-hybridized carbons (Fsp3) is 0.571. The number of nitro groups is 1. The predicted octanol–water partition coefficient (Wildman–Crippen LogP) is 5.46. The number of carbonyl (C=O) groups excluding carboxylic acids is 1. The number of nitrogens with zero attached hydrogens (tertiary/aromatic N) is 3. The monoisotopic (exact) mass is 385 g/mol. The Morgan fingerprint density at radius 2 is 1.96 bits per heavy atom. The zero-order valence-electron chi connectivity index (χ0n) is 16.3. The summed E-state index contributed by atoms with van der Waals surface area (Å²) in [5, 5.41) is 14.8. The number of aromatic nitrogens is 2. The Labute approximate surface area is 164 Å². The van der Waals surface area contributed by atoms with Crippen molar-refractivity contribution in [2.75, 3.05) is 0 Å². The molecule has 1 aliphatic carbocycles. The molecule has 0 saturated heterocycles. The summed E-state index contributed by atoms with van der Waals surface area (Å²) in [6.45, 7) is 1.59. The van der Waals surface area contributed by atoms with Crippen molar-refractivity contribution in [2.24, 2.45) is 5.92 Å². The van der Waals surface area contributed by atoms with E-state index in [4.69, 9.17) is 4.52 Å². The Kier molecular flexibility index (Phi) is 6.90. The van der Waals surface area contributed by atoms with Crippen LogP contribution in [0.25, 0.3) is 11.4 Å². The first-order valence-electron chi connectivity index (χ1n) is 10.1. The summed E-state index contributed by atoms with van der Waals surface area (Å²) in [6, 6.07) is 6.05. The van der Waals surface area contributed by atoms with Crippen molar-refractivity contribution in [1.82, 2.24) is 10.1 Å². The van der Waals surface area contributed by atoms with Crippen molar-refractivity contribution in [2.45, 2.75) is 70.6 Å². The van der Waals surface area contributed by atoms with Crippen LogP contribution in [0.2, 0.25) is 0 Å². The molecule has 1 saturated carbocycles. The SMILES string of the molecule is CC(=O)C[C@@H](CCCC1CCCCC1)c1nc(-c2ccc([N+](=O)[O-])cc2)no1. The van der Waals surface area contributed by atoms with Gasteiger partial charge in [-0.3, -0.25) is 10.1 Å². The Balaban J connectivity index is 1.65. The van der Waals surface area contributed by atoms with Gasteiger partial charge in [0, 0.05) is 30.0 Å². The number of non-ortho nitro benzene ring substituents is 1. The zero-order chi connectivity index (χ0) is 19.9. The molecular weight excluding hydrogens is 358 g/mol. The first kappa shape index (κ1) is 20.2. The molecule has 3 rings (SSSR count). The van der Waals surface area contributed by atoms with E-state index in [0.29, 0.717) is 23.7 Å². The fourth-order valence-electron chi connectivity index (χ4n) is 4.04. The lowest BCUT2D eigenvalue weighted by Gasteiger charge is -2.22. The summed E-state index contributed by atoms with van der Waals surface area (Å²) in [4.78, 5) is 26.5. The molecule has 0 unspecified atom stereocenters. The number of ketones is 1. The topological polar surface area (TPSA) is 99.1 Å². The largest absolute Gasteiger partial charge is 0.339 e. The van der Waals surface area contributed by atoms with Gasteiger partial charge in [0.15, 0.2) is 0 Å². The van der Waals surface area contributed by atoms with E-state index >= 15 is 0 Å². The molecule has 0 amide bonds. The second kappa shape index (κ2) is 9.57. The quantitative estimate of drug-likeness (QED) is 0.420. The van der Waals surface area contributed by atoms with E-state index < -0.39 is 4.92 Å². The first-order chi connectivity index (χ1) is 13.5. The van der Waals surface area contributed by atoms with Gasteiger partial charge in [0.05, 0.1) is 4.92 Å². The third kappa shape index (κ3) is 5.47. The van der Waals surface area contributed by atoms with Gasteiger partial charge in [0.2, 0.25) is 11.7 Å². The number of carbonyl (C=O) groups is 1. The molecule has 0 N–H and O–H groups in total. The normalized spacial score (nSPS) is 16.0. The number of rotatable bonds is 9. The van der Waals surface area contributed by atoms with Crippen LogP contribution in [0.4, 0.5) is 5.69 Å². The van der Waals surface area contributed by atoms with Gasteiger partial charge in [-0.05, 0) is 31.4 Å². The summed E-state index contributed by atoms with van der Waals surface area (Å²) >= 11 is 0. The van der Waals surface area contributed by atoms with E-state index in [1.807, 2.05) is 0 Å². The third-order valence-electron chi connectivity index (χ3n) is 5.55. The minimum absolute atomic E-state index is 0.0182. The highest BCUT2D eigenvalue weighted by Crippen LogP contribution is 2.32. The van der Waals surface area contributed by atoms with Gasteiger partial charge in [-0.15, -0.1) is 0 Å². The number of Topliss-reactive ketones (excluding diaryl/α,β-unsaturated/α-hetero) is 1. The van der Waals surface area contributed by atoms with Gasteiger partial charge in [-0.25, -0.2) is 0 Å². The average Bonchev–Trinajstić information content (AvgIpc) is 3.18. The van der Waals surface area contributed by atoms with E-state index in [1.54, 1.807) is 19.1 Å². The van der Waals surface area contributed by atoms with Crippen LogP contribution >= 0.6 is 0 Å². The highest BCUT2D eigenvalue weighted by molar-refractivity contribution is 5.76. The number of nitro benzene ring substituents is 1. The molecule has 0 bridgehead atoms. The van der Waals surface area contributed by atoms with Crippen molar-refractivity contribution in [3.05, 3.63) is 40.3 Å². The molecule has 1 atom stereocenters. The Morgan fingerprint density at radius 3 is 2.61 bits per heavy atom. The van der Waals surface area contributed by atoms with Crippen LogP contribution in [-0.4, -0.2) is 20.8 Å². The van der Waals surface area contributed by atoms with E-state index in [2.05, 4.69) is 10.1 Å². The van der Waals surface area contributed by atoms with Crippen molar-refractivity contribution < 1.29 is 14.2 Å². The second-order valence-corrected chi connectivity index (χ2v) is 7.80.